The molecule has 0 aliphatic heterocycles. The molecule has 8 nitrogen and oxygen atoms in total. The summed E-state index contributed by atoms with van der Waals surface area (Å²) in [6.45, 7) is 3.07. The van der Waals surface area contributed by atoms with E-state index in [4.69, 9.17) is 0 Å². The number of sulfonamides is 1. The maximum Gasteiger partial charge on any atom is 0.271 e. The normalized spacial score (nSPS) is 12.4. The highest BCUT2D eigenvalue weighted by Gasteiger charge is 2.22. The molecule has 1 unspecified atom stereocenters. The van der Waals surface area contributed by atoms with Crippen LogP contribution in [0.4, 0.5) is 11.4 Å². The molecule has 0 fully saturated rings. The number of hydrogen-bond acceptors (Lipinski definition) is 5. The van der Waals surface area contributed by atoms with Crippen LogP contribution in [0, 0.1) is 17.0 Å². The van der Waals surface area contributed by atoms with E-state index in [9.17, 15) is 23.3 Å². The number of nitro benzene ring substituents is 1. The van der Waals surface area contributed by atoms with E-state index in [0.717, 1.165) is 0 Å². The number of carbonyl (C=O) groups is 1. The van der Waals surface area contributed by atoms with Gasteiger partial charge in [-0.05, 0) is 31.5 Å². The molecule has 9 heteroatoms. The number of nitro groups is 1. The van der Waals surface area contributed by atoms with E-state index >= 15 is 0 Å². The number of benzene rings is 2. The molecule has 0 saturated carbocycles. The molecule has 0 heterocycles. The van der Waals surface area contributed by atoms with Gasteiger partial charge in [-0.2, -0.15) is 4.72 Å². The molecule has 0 spiro atoms. The maximum absolute atomic E-state index is 12.2. The van der Waals surface area contributed by atoms with Gasteiger partial charge in [-0.25, -0.2) is 8.42 Å². The van der Waals surface area contributed by atoms with Gasteiger partial charge in [-0.1, -0.05) is 24.3 Å². The number of hydrogen-bond donors (Lipinski definition) is 2. The number of rotatable bonds is 6. The van der Waals surface area contributed by atoms with Crippen LogP contribution < -0.4 is 10.0 Å². The summed E-state index contributed by atoms with van der Waals surface area (Å²) in [5.74, 6) is -0.622. The van der Waals surface area contributed by atoms with Crippen molar-refractivity contribution in [3.8, 4) is 0 Å². The predicted octanol–water partition coefficient (Wildman–Crippen LogP) is 2.21. The minimum absolute atomic E-state index is 0.0428. The van der Waals surface area contributed by atoms with Gasteiger partial charge in [-0.15, -0.1) is 0 Å². The Kier molecular flexibility index (Phi) is 5.50. The third kappa shape index (κ3) is 4.61. The Balaban J connectivity index is 2.13. The summed E-state index contributed by atoms with van der Waals surface area (Å²) in [5.41, 5.74) is 0.709. The molecule has 0 radical (unpaired) electrons. The van der Waals surface area contributed by atoms with Gasteiger partial charge in [0.2, 0.25) is 15.9 Å². The molecule has 0 aromatic heterocycles. The number of amides is 1. The zero-order valence-corrected chi connectivity index (χ0v) is 14.4. The van der Waals surface area contributed by atoms with E-state index < -0.39 is 26.9 Å². The lowest BCUT2D eigenvalue weighted by Crippen LogP contribution is -2.41. The molecule has 1 atom stereocenters. The number of anilines is 1. The second-order valence-electron chi connectivity index (χ2n) is 5.40. The molecule has 25 heavy (non-hydrogen) atoms. The van der Waals surface area contributed by atoms with Crippen molar-refractivity contribution in [2.75, 3.05) is 5.32 Å². The molecule has 2 aromatic carbocycles. The Labute approximate surface area is 145 Å². The smallest absolute Gasteiger partial charge is 0.271 e. The lowest BCUT2D eigenvalue weighted by molar-refractivity contribution is -0.384. The highest BCUT2D eigenvalue weighted by atomic mass is 32.2. The van der Waals surface area contributed by atoms with E-state index in [0.29, 0.717) is 5.56 Å². The molecule has 0 aliphatic rings. The van der Waals surface area contributed by atoms with Crippen LogP contribution in [0.15, 0.2) is 53.4 Å². The van der Waals surface area contributed by atoms with E-state index in [1.54, 1.807) is 25.1 Å². The van der Waals surface area contributed by atoms with Crippen molar-refractivity contribution in [2.45, 2.75) is 24.8 Å². The minimum Gasteiger partial charge on any atom is -0.324 e. The highest BCUT2D eigenvalue weighted by Crippen LogP contribution is 2.22. The highest BCUT2D eigenvalue weighted by molar-refractivity contribution is 7.89. The first-order valence-corrected chi connectivity index (χ1v) is 8.82. The second-order valence-corrected chi connectivity index (χ2v) is 7.12. The fraction of sp³-hybridized carbons (Fsp3) is 0.188. The van der Waals surface area contributed by atoms with Crippen molar-refractivity contribution in [1.29, 1.82) is 0 Å². The molecule has 2 aromatic rings. The summed E-state index contributed by atoms with van der Waals surface area (Å²) in [6, 6.07) is 10.7. The molecule has 132 valence electrons. The van der Waals surface area contributed by atoms with Crippen molar-refractivity contribution < 1.29 is 18.1 Å². The Hall–Kier alpha value is -2.78. The van der Waals surface area contributed by atoms with E-state index in [2.05, 4.69) is 10.0 Å². The van der Waals surface area contributed by atoms with Crippen LogP contribution in [0.2, 0.25) is 0 Å². The van der Waals surface area contributed by atoms with Crippen LogP contribution in [0.3, 0.4) is 0 Å². The Bertz CT molecular complexity index is 897. The average Bonchev–Trinajstić information content (AvgIpc) is 2.57. The summed E-state index contributed by atoms with van der Waals surface area (Å²) in [7, 11) is -3.85. The minimum atomic E-state index is -3.85. The van der Waals surface area contributed by atoms with Crippen LogP contribution in [-0.4, -0.2) is 25.3 Å². The van der Waals surface area contributed by atoms with Crippen LogP contribution in [0.25, 0.3) is 0 Å². The molecular weight excluding hydrogens is 346 g/mol. The van der Waals surface area contributed by atoms with E-state index in [1.165, 1.54) is 37.3 Å². The van der Waals surface area contributed by atoms with Gasteiger partial charge >= 0.3 is 0 Å². The Morgan fingerprint density at radius 2 is 1.80 bits per heavy atom. The second kappa shape index (κ2) is 7.41. The largest absolute Gasteiger partial charge is 0.324 e. The third-order valence-electron chi connectivity index (χ3n) is 3.47. The van der Waals surface area contributed by atoms with Crippen molar-refractivity contribution >= 4 is 27.3 Å². The van der Waals surface area contributed by atoms with Crippen molar-refractivity contribution in [3.63, 3.8) is 0 Å². The number of nitrogens with one attached hydrogen (secondary N) is 2. The van der Waals surface area contributed by atoms with E-state index in [1.807, 2.05) is 0 Å². The van der Waals surface area contributed by atoms with Gasteiger partial charge in [0.15, 0.2) is 0 Å². The molecule has 0 aliphatic carbocycles. The van der Waals surface area contributed by atoms with Gasteiger partial charge < -0.3 is 5.32 Å². The SMILES string of the molecule is Cc1ccc([N+](=O)[O-])cc1NC(=O)C(C)NS(=O)(=O)c1ccccc1. The van der Waals surface area contributed by atoms with Crippen LogP contribution in [0.1, 0.15) is 12.5 Å². The first-order chi connectivity index (χ1) is 11.7. The topological polar surface area (TPSA) is 118 Å². The first-order valence-electron chi connectivity index (χ1n) is 7.34. The van der Waals surface area contributed by atoms with Gasteiger partial charge in [0.05, 0.1) is 21.5 Å². The summed E-state index contributed by atoms with van der Waals surface area (Å²) in [5, 5.41) is 13.3. The molecule has 2 N–H and O–H groups in total. The lowest BCUT2D eigenvalue weighted by atomic mass is 10.1. The monoisotopic (exact) mass is 363 g/mol. The third-order valence-corrected chi connectivity index (χ3v) is 5.03. The number of carbonyl (C=O) groups excluding carboxylic acids is 1. The molecule has 0 bridgehead atoms. The van der Waals surface area contributed by atoms with Gasteiger partial charge in [-0.3, -0.25) is 14.9 Å². The number of nitrogens with zero attached hydrogens (tertiary/aromatic N) is 1. The summed E-state index contributed by atoms with van der Waals surface area (Å²) < 4.78 is 26.7. The number of aryl methyl sites for hydroxylation is 1. The zero-order valence-electron chi connectivity index (χ0n) is 13.6. The summed E-state index contributed by atoms with van der Waals surface area (Å²) in [6.07, 6.45) is 0. The van der Waals surface area contributed by atoms with Crippen LogP contribution in [0.5, 0.6) is 0 Å². The average molecular weight is 363 g/mol. The van der Waals surface area contributed by atoms with Gasteiger partial charge in [0, 0.05) is 12.1 Å². The zero-order chi connectivity index (χ0) is 18.6. The first kappa shape index (κ1) is 18.6. The quantitative estimate of drug-likeness (QED) is 0.602. The summed E-state index contributed by atoms with van der Waals surface area (Å²) in [4.78, 5) is 22.5. The maximum atomic E-state index is 12.2. The van der Waals surface area contributed by atoms with Crippen LogP contribution in [-0.2, 0) is 14.8 Å². The summed E-state index contributed by atoms with van der Waals surface area (Å²) >= 11 is 0. The fourth-order valence-corrected chi connectivity index (χ4v) is 3.28. The standard InChI is InChI=1S/C16H17N3O5S/c1-11-8-9-13(19(21)22)10-15(11)17-16(20)12(2)18-25(23,24)14-6-4-3-5-7-14/h3-10,12,18H,1-2H3,(H,17,20). The van der Waals surface area contributed by atoms with Gasteiger partial charge in [0.25, 0.3) is 5.69 Å². The van der Waals surface area contributed by atoms with Crippen molar-refractivity contribution in [2.24, 2.45) is 0 Å². The number of non-ortho nitro benzene ring substituents is 1. The Morgan fingerprint density at radius 1 is 1.16 bits per heavy atom. The molecule has 1 amide bonds. The molecular formula is C16H17N3O5S. The van der Waals surface area contributed by atoms with Crippen molar-refractivity contribution in [1.82, 2.24) is 4.72 Å². The molecule has 2 rings (SSSR count). The lowest BCUT2D eigenvalue weighted by Gasteiger charge is -2.15. The van der Waals surface area contributed by atoms with E-state index in [-0.39, 0.29) is 16.3 Å². The predicted molar refractivity (Wildman–Crippen MR) is 92.7 cm³/mol. The van der Waals surface area contributed by atoms with Crippen molar-refractivity contribution in [3.05, 3.63) is 64.2 Å². The fourth-order valence-electron chi connectivity index (χ4n) is 2.05. The Morgan fingerprint density at radius 3 is 2.40 bits per heavy atom. The molecule has 0 saturated heterocycles. The van der Waals surface area contributed by atoms with Gasteiger partial charge in [0.1, 0.15) is 0 Å². The van der Waals surface area contributed by atoms with Crippen LogP contribution >= 0.6 is 0 Å².